The van der Waals surface area contributed by atoms with Crippen LogP contribution in [-0.4, -0.2) is 31.8 Å². The molecule has 1 aromatic heterocycles. The number of carbonyl (C=O) groups excluding carboxylic acids is 1. The first-order chi connectivity index (χ1) is 6.79. The Morgan fingerprint density at radius 1 is 1.50 bits per heavy atom. The highest BCUT2D eigenvalue weighted by molar-refractivity contribution is 5.90. The second kappa shape index (κ2) is 5.34. The van der Waals surface area contributed by atoms with Crippen molar-refractivity contribution in [2.45, 2.75) is 6.42 Å². The van der Waals surface area contributed by atoms with Gasteiger partial charge in [-0.05, 0) is 12.1 Å². The maximum Gasteiger partial charge on any atom is 0.339 e. The summed E-state index contributed by atoms with van der Waals surface area (Å²) in [6, 6.07) is 3.41. The molecule has 0 amide bonds. The quantitative estimate of drug-likeness (QED) is 0.674. The van der Waals surface area contributed by atoms with Crippen molar-refractivity contribution in [1.29, 1.82) is 0 Å². The zero-order valence-electron chi connectivity index (χ0n) is 8.32. The van der Waals surface area contributed by atoms with Crippen LogP contribution in [0.15, 0.2) is 18.3 Å². The first-order valence-electron chi connectivity index (χ1n) is 4.30. The molecule has 76 valence electrons. The predicted molar refractivity (Wildman–Crippen MR) is 51.2 cm³/mol. The number of methoxy groups -OCH3 is 2. The molecule has 4 nitrogen and oxygen atoms in total. The van der Waals surface area contributed by atoms with Gasteiger partial charge in [0.1, 0.15) is 0 Å². The van der Waals surface area contributed by atoms with E-state index in [1.807, 2.05) is 0 Å². The molecular weight excluding hydrogens is 182 g/mol. The number of esters is 1. The van der Waals surface area contributed by atoms with E-state index in [1.54, 1.807) is 25.4 Å². The molecule has 1 rings (SSSR count). The maximum absolute atomic E-state index is 11.3. The minimum Gasteiger partial charge on any atom is -0.465 e. The van der Waals surface area contributed by atoms with Gasteiger partial charge in [-0.25, -0.2) is 4.79 Å². The van der Waals surface area contributed by atoms with E-state index in [9.17, 15) is 4.79 Å². The molecule has 0 unspecified atom stereocenters. The number of ether oxygens (including phenoxy) is 2. The van der Waals surface area contributed by atoms with Crippen molar-refractivity contribution in [2.24, 2.45) is 0 Å². The minimum absolute atomic E-state index is 0.357. The Balaban J connectivity index is 2.85. The molecule has 0 spiro atoms. The van der Waals surface area contributed by atoms with Crippen molar-refractivity contribution in [3.63, 3.8) is 0 Å². The summed E-state index contributed by atoms with van der Waals surface area (Å²) in [6.45, 7) is 0.543. The fourth-order valence-corrected chi connectivity index (χ4v) is 1.13. The van der Waals surface area contributed by atoms with Gasteiger partial charge in [0, 0.05) is 19.7 Å². The van der Waals surface area contributed by atoms with Crippen LogP contribution in [0.25, 0.3) is 0 Å². The SMILES string of the molecule is COCCc1ncccc1C(=O)OC. The molecule has 0 aliphatic rings. The van der Waals surface area contributed by atoms with Gasteiger partial charge in [0.25, 0.3) is 0 Å². The number of nitrogens with zero attached hydrogens (tertiary/aromatic N) is 1. The fourth-order valence-electron chi connectivity index (χ4n) is 1.13. The van der Waals surface area contributed by atoms with E-state index in [1.165, 1.54) is 7.11 Å². The lowest BCUT2D eigenvalue weighted by atomic mass is 10.1. The largest absolute Gasteiger partial charge is 0.465 e. The summed E-state index contributed by atoms with van der Waals surface area (Å²) in [5.74, 6) is -0.357. The first-order valence-corrected chi connectivity index (χ1v) is 4.30. The monoisotopic (exact) mass is 195 g/mol. The van der Waals surface area contributed by atoms with Crippen LogP contribution in [0.4, 0.5) is 0 Å². The standard InChI is InChI=1S/C10H13NO3/c1-13-7-5-9-8(10(12)14-2)4-3-6-11-9/h3-4,6H,5,7H2,1-2H3. The van der Waals surface area contributed by atoms with Crippen molar-refractivity contribution in [2.75, 3.05) is 20.8 Å². The molecule has 14 heavy (non-hydrogen) atoms. The van der Waals surface area contributed by atoms with E-state index in [-0.39, 0.29) is 5.97 Å². The van der Waals surface area contributed by atoms with Crippen LogP contribution in [0, 0.1) is 0 Å². The molecule has 0 N–H and O–H groups in total. The van der Waals surface area contributed by atoms with E-state index in [0.29, 0.717) is 24.3 Å². The van der Waals surface area contributed by atoms with E-state index < -0.39 is 0 Å². The van der Waals surface area contributed by atoms with Gasteiger partial charge in [-0.2, -0.15) is 0 Å². The Kier molecular flexibility index (Phi) is 4.07. The molecule has 0 aliphatic carbocycles. The third-order valence-corrected chi connectivity index (χ3v) is 1.84. The summed E-state index contributed by atoms with van der Waals surface area (Å²) in [4.78, 5) is 15.4. The van der Waals surface area contributed by atoms with Gasteiger partial charge >= 0.3 is 5.97 Å². The Hall–Kier alpha value is -1.42. The lowest BCUT2D eigenvalue weighted by Gasteiger charge is -2.05. The number of pyridine rings is 1. The van der Waals surface area contributed by atoms with Crippen LogP contribution < -0.4 is 0 Å². The molecule has 0 saturated carbocycles. The van der Waals surface area contributed by atoms with E-state index in [2.05, 4.69) is 9.72 Å². The van der Waals surface area contributed by atoms with Gasteiger partial charge in [-0.1, -0.05) is 0 Å². The molecule has 1 aromatic rings. The Morgan fingerprint density at radius 3 is 2.93 bits per heavy atom. The summed E-state index contributed by atoms with van der Waals surface area (Å²) in [7, 11) is 2.97. The van der Waals surface area contributed by atoms with Crippen LogP contribution in [-0.2, 0) is 15.9 Å². The summed E-state index contributed by atoms with van der Waals surface area (Å²) in [5.41, 5.74) is 1.22. The molecule has 4 heteroatoms. The summed E-state index contributed by atoms with van der Waals surface area (Å²) < 4.78 is 9.56. The molecule has 0 saturated heterocycles. The molecule has 0 fully saturated rings. The highest BCUT2D eigenvalue weighted by atomic mass is 16.5. The number of aromatic nitrogens is 1. The number of hydrogen-bond acceptors (Lipinski definition) is 4. The van der Waals surface area contributed by atoms with Crippen LogP contribution in [0.2, 0.25) is 0 Å². The van der Waals surface area contributed by atoms with Crippen LogP contribution >= 0.6 is 0 Å². The van der Waals surface area contributed by atoms with E-state index in [4.69, 9.17) is 4.74 Å². The second-order valence-corrected chi connectivity index (χ2v) is 2.73. The van der Waals surface area contributed by atoms with Crippen molar-refractivity contribution < 1.29 is 14.3 Å². The van der Waals surface area contributed by atoms with Gasteiger partial charge in [0.05, 0.1) is 25.0 Å². The molecule has 0 radical (unpaired) electrons. The smallest absolute Gasteiger partial charge is 0.339 e. The number of hydrogen-bond donors (Lipinski definition) is 0. The topological polar surface area (TPSA) is 48.4 Å². The van der Waals surface area contributed by atoms with Gasteiger partial charge < -0.3 is 9.47 Å². The molecular formula is C10H13NO3. The molecule has 0 aromatic carbocycles. The summed E-state index contributed by atoms with van der Waals surface area (Å²) in [6.07, 6.45) is 2.26. The number of rotatable bonds is 4. The Bertz CT molecular complexity index is 312. The second-order valence-electron chi connectivity index (χ2n) is 2.73. The Morgan fingerprint density at radius 2 is 2.29 bits per heavy atom. The number of carbonyl (C=O) groups is 1. The van der Waals surface area contributed by atoms with Crippen molar-refractivity contribution in [3.8, 4) is 0 Å². The zero-order chi connectivity index (χ0) is 10.4. The predicted octanol–water partition coefficient (Wildman–Crippen LogP) is 1.06. The van der Waals surface area contributed by atoms with E-state index in [0.717, 1.165) is 0 Å². The van der Waals surface area contributed by atoms with Gasteiger partial charge in [-0.3, -0.25) is 4.98 Å². The summed E-state index contributed by atoms with van der Waals surface area (Å²) in [5, 5.41) is 0. The molecule has 1 heterocycles. The maximum atomic E-state index is 11.3. The third kappa shape index (κ3) is 2.53. The van der Waals surface area contributed by atoms with Gasteiger partial charge in [0.15, 0.2) is 0 Å². The van der Waals surface area contributed by atoms with Crippen LogP contribution in [0.3, 0.4) is 0 Å². The highest BCUT2D eigenvalue weighted by Crippen LogP contribution is 2.07. The minimum atomic E-state index is -0.357. The van der Waals surface area contributed by atoms with E-state index >= 15 is 0 Å². The lowest BCUT2D eigenvalue weighted by Crippen LogP contribution is -2.09. The normalized spacial score (nSPS) is 9.86. The fraction of sp³-hybridized carbons (Fsp3) is 0.400. The van der Waals surface area contributed by atoms with Crippen molar-refractivity contribution in [3.05, 3.63) is 29.6 Å². The highest BCUT2D eigenvalue weighted by Gasteiger charge is 2.11. The van der Waals surface area contributed by atoms with Crippen LogP contribution in [0.5, 0.6) is 0 Å². The first kappa shape index (κ1) is 10.7. The molecule has 0 atom stereocenters. The van der Waals surface area contributed by atoms with Crippen LogP contribution in [0.1, 0.15) is 16.1 Å². The average molecular weight is 195 g/mol. The van der Waals surface area contributed by atoms with Crippen molar-refractivity contribution in [1.82, 2.24) is 4.98 Å². The van der Waals surface area contributed by atoms with Gasteiger partial charge in [0.2, 0.25) is 0 Å². The van der Waals surface area contributed by atoms with Gasteiger partial charge in [-0.15, -0.1) is 0 Å². The zero-order valence-corrected chi connectivity index (χ0v) is 8.32. The average Bonchev–Trinajstić information content (AvgIpc) is 2.25. The van der Waals surface area contributed by atoms with Crippen molar-refractivity contribution >= 4 is 5.97 Å². The molecule has 0 bridgehead atoms. The Labute approximate surface area is 82.9 Å². The molecule has 0 aliphatic heterocycles. The lowest BCUT2D eigenvalue weighted by molar-refractivity contribution is 0.0598. The summed E-state index contributed by atoms with van der Waals surface area (Å²) >= 11 is 0. The third-order valence-electron chi connectivity index (χ3n) is 1.84.